The van der Waals surface area contributed by atoms with Crippen LogP contribution in [0.25, 0.3) is 0 Å². The Kier molecular flexibility index (Phi) is 5.39. The molecule has 3 rings (SSSR count). The van der Waals surface area contributed by atoms with Crippen molar-refractivity contribution in [2.45, 2.75) is 25.4 Å². The van der Waals surface area contributed by atoms with Crippen molar-refractivity contribution in [2.24, 2.45) is 0 Å². The lowest BCUT2D eigenvalue weighted by Gasteiger charge is -2.23. The molecular weight excluding hydrogens is 292 g/mol. The number of nitrogens with one attached hydrogen (secondary N) is 2. The summed E-state index contributed by atoms with van der Waals surface area (Å²) in [7, 11) is 0. The molecule has 2 N–H and O–H groups in total. The quantitative estimate of drug-likeness (QED) is 0.847. The molecule has 23 heavy (non-hydrogen) atoms. The molecule has 1 amide bonds. The van der Waals surface area contributed by atoms with E-state index in [-0.39, 0.29) is 11.9 Å². The van der Waals surface area contributed by atoms with Crippen molar-refractivity contribution in [3.63, 3.8) is 0 Å². The van der Waals surface area contributed by atoms with E-state index in [1.165, 1.54) is 5.56 Å². The standard InChI is InChI=1S/C17H22N4O2/c22-17(12-15-13-23-11-9-18-15)20-16-6-8-19-21(16)10-7-14-4-2-1-3-5-14/h1-6,8,15,18H,7,9-13H2,(H,20,22). The molecule has 0 spiro atoms. The van der Waals surface area contributed by atoms with Crippen molar-refractivity contribution in [1.29, 1.82) is 0 Å². The minimum absolute atomic E-state index is 0.0190. The van der Waals surface area contributed by atoms with Crippen molar-refractivity contribution >= 4 is 11.7 Å². The molecule has 1 aromatic carbocycles. The van der Waals surface area contributed by atoms with Crippen LogP contribution in [0.3, 0.4) is 0 Å². The molecule has 1 aliphatic rings. The molecule has 1 unspecified atom stereocenters. The second kappa shape index (κ2) is 7.89. The van der Waals surface area contributed by atoms with Gasteiger partial charge in [-0.05, 0) is 12.0 Å². The van der Waals surface area contributed by atoms with E-state index in [2.05, 4.69) is 27.9 Å². The maximum Gasteiger partial charge on any atom is 0.227 e. The van der Waals surface area contributed by atoms with E-state index in [9.17, 15) is 4.79 Å². The Morgan fingerprint density at radius 2 is 2.22 bits per heavy atom. The predicted molar refractivity (Wildman–Crippen MR) is 88.2 cm³/mol. The highest BCUT2D eigenvalue weighted by atomic mass is 16.5. The van der Waals surface area contributed by atoms with E-state index in [1.807, 2.05) is 28.9 Å². The van der Waals surface area contributed by atoms with E-state index in [0.29, 0.717) is 19.6 Å². The maximum absolute atomic E-state index is 12.2. The fourth-order valence-electron chi connectivity index (χ4n) is 2.67. The van der Waals surface area contributed by atoms with Gasteiger partial charge in [0, 0.05) is 31.6 Å². The second-order valence-corrected chi connectivity index (χ2v) is 5.65. The van der Waals surface area contributed by atoms with Crippen molar-refractivity contribution in [3.05, 3.63) is 48.2 Å². The zero-order valence-electron chi connectivity index (χ0n) is 13.1. The molecule has 122 valence electrons. The third-order valence-electron chi connectivity index (χ3n) is 3.87. The van der Waals surface area contributed by atoms with Crippen molar-refractivity contribution in [3.8, 4) is 0 Å². The first-order valence-corrected chi connectivity index (χ1v) is 7.98. The summed E-state index contributed by atoms with van der Waals surface area (Å²) in [5.74, 6) is 0.720. The van der Waals surface area contributed by atoms with Crippen LogP contribution in [-0.4, -0.2) is 41.5 Å². The Labute approximate surface area is 135 Å². The van der Waals surface area contributed by atoms with Gasteiger partial charge in [-0.25, -0.2) is 4.68 Å². The third kappa shape index (κ3) is 4.64. The zero-order chi connectivity index (χ0) is 15.9. The lowest BCUT2D eigenvalue weighted by molar-refractivity contribution is -0.117. The molecule has 0 aliphatic carbocycles. The molecule has 6 nitrogen and oxygen atoms in total. The average molecular weight is 314 g/mol. The molecule has 1 aromatic heterocycles. The molecule has 1 saturated heterocycles. The molecular formula is C17H22N4O2. The topological polar surface area (TPSA) is 68.2 Å². The van der Waals surface area contributed by atoms with Crippen LogP contribution >= 0.6 is 0 Å². The number of carbonyl (C=O) groups is 1. The molecule has 2 aromatic rings. The number of hydrogen-bond acceptors (Lipinski definition) is 4. The highest BCUT2D eigenvalue weighted by Crippen LogP contribution is 2.10. The number of carbonyl (C=O) groups excluding carboxylic acids is 1. The third-order valence-corrected chi connectivity index (χ3v) is 3.87. The van der Waals surface area contributed by atoms with Gasteiger partial charge in [-0.15, -0.1) is 0 Å². The number of amides is 1. The molecule has 0 saturated carbocycles. The van der Waals surface area contributed by atoms with Crippen LogP contribution in [0.15, 0.2) is 42.6 Å². The van der Waals surface area contributed by atoms with Crippen LogP contribution in [0.1, 0.15) is 12.0 Å². The molecule has 2 heterocycles. The van der Waals surface area contributed by atoms with Gasteiger partial charge in [0.05, 0.1) is 19.4 Å². The number of rotatable bonds is 6. The number of nitrogens with zero attached hydrogens (tertiary/aromatic N) is 2. The Morgan fingerprint density at radius 1 is 1.35 bits per heavy atom. The average Bonchev–Trinajstić information content (AvgIpc) is 3.02. The van der Waals surface area contributed by atoms with Crippen molar-refractivity contribution in [1.82, 2.24) is 15.1 Å². The Hall–Kier alpha value is -2.18. The Morgan fingerprint density at radius 3 is 3.00 bits per heavy atom. The summed E-state index contributed by atoms with van der Waals surface area (Å²) in [6, 6.07) is 12.2. The van der Waals surface area contributed by atoms with Crippen LogP contribution < -0.4 is 10.6 Å². The smallest absolute Gasteiger partial charge is 0.227 e. The highest BCUT2D eigenvalue weighted by molar-refractivity contribution is 5.90. The highest BCUT2D eigenvalue weighted by Gasteiger charge is 2.17. The lowest BCUT2D eigenvalue weighted by Crippen LogP contribution is -2.43. The van der Waals surface area contributed by atoms with Gasteiger partial charge in [0.1, 0.15) is 5.82 Å². The van der Waals surface area contributed by atoms with Gasteiger partial charge in [0.25, 0.3) is 0 Å². The summed E-state index contributed by atoms with van der Waals surface area (Å²) in [5, 5.41) is 10.5. The Balaban J connectivity index is 1.52. The van der Waals surface area contributed by atoms with Crippen LogP contribution in [-0.2, 0) is 22.5 Å². The van der Waals surface area contributed by atoms with Gasteiger partial charge in [0.2, 0.25) is 5.91 Å². The molecule has 1 aliphatic heterocycles. The van der Waals surface area contributed by atoms with E-state index >= 15 is 0 Å². The molecule has 6 heteroatoms. The van der Waals surface area contributed by atoms with E-state index in [1.54, 1.807) is 6.20 Å². The monoisotopic (exact) mass is 314 g/mol. The molecule has 1 atom stereocenters. The number of ether oxygens (including phenoxy) is 1. The maximum atomic E-state index is 12.2. The minimum Gasteiger partial charge on any atom is -0.378 e. The van der Waals surface area contributed by atoms with Gasteiger partial charge in [0.15, 0.2) is 0 Å². The van der Waals surface area contributed by atoms with Gasteiger partial charge in [-0.3, -0.25) is 4.79 Å². The Bertz CT molecular complexity index is 621. The van der Waals surface area contributed by atoms with Gasteiger partial charge in [-0.1, -0.05) is 30.3 Å². The summed E-state index contributed by atoms with van der Waals surface area (Å²) in [6.45, 7) is 2.83. The van der Waals surface area contributed by atoms with Crippen LogP contribution in [0, 0.1) is 0 Å². The molecule has 0 bridgehead atoms. The van der Waals surface area contributed by atoms with Gasteiger partial charge < -0.3 is 15.4 Å². The molecule has 0 radical (unpaired) electrons. The van der Waals surface area contributed by atoms with Crippen molar-refractivity contribution in [2.75, 3.05) is 25.1 Å². The number of aryl methyl sites for hydroxylation is 2. The van der Waals surface area contributed by atoms with E-state index < -0.39 is 0 Å². The minimum atomic E-state index is -0.0190. The van der Waals surface area contributed by atoms with Crippen molar-refractivity contribution < 1.29 is 9.53 Å². The second-order valence-electron chi connectivity index (χ2n) is 5.65. The predicted octanol–water partition coefficient (Wildman–Crippen LogP) is 1.44. The summed E-state index contributed by atoms with van der Waals surface area (Å²) in [4.78, 5) is 12.2. The fraction of sp³-hybridized carbons (Fsp3) is 0.412. The number of morpholine rings is 1. The normalized spacial score (nSPS) is 17.8. The first-order valence-electron chi connectivity index (χ1n) is 7.98. The van der Waals surface area contributed by atoms with Gasteiger partial charge >= 0.3 is 0 Å². The number of anilines is 1. The fourth-order valence-corrected chi connectivity index (χ4v) is 2.67. The summed E-state index contributed by atoms with van der Waals surface area (Å²) in [6.07, 6.45) is 3.00. The largest absolute Gasteiger partial charge is 0.378 e. The zero-order valence-corrected chi connectivity index (χ0v) is 13.1. The summed E-state index contributed by atoms with van der Waals surface area (Å²) in [5.41, 5.74) is 1.25. The summed E-state index contributed by atoms with van der Waals surface area (Å²) < 4.78 is 7.20. The summed E-state index contributed by atoms with van der Waals surface area (Å²) >= 11 is 0. The number of benzene rings is 1. The van der Waals surface area contributed by atoms with Crippen LogP contribution in [0.4, 0.5) is 5.82 Å². The SMILES string of the molecule is O=C(CC1COCCN1)Nc1ccnn1CCc1ccccc1. The lowest BCUT2D eigenvalue weighted by atomic mass is 10.1. The van der Waals surface area contributed by atoms with Gasteiger partial charge in [-0.2, -0.15) is 5.10 Å². The van der Waals surface area contributed by atoms with Crippen LogP contribution in [0.2, 0.25) is 0 Å². The first-order chi connectivity index (χ1) is 11.3. The first kappa shape index (κ1) is 15.7. The number of aromatic nitrogens is 2. The van der Waals surface area contributed by atoms with E-state index in [0.717, 1.165) is 25.3 Å². The molecule has 1 fully saturated rings. The number of hydrogen-bond donors (Lipinski definition) is 2. The van der Waals surface area contributed by atoms with E-state index in [4.69, 9.17) is 4.74 Å². The van der Waals surface area contributed by atoms with Crippen LogP contribution in [0.5, 0.6) is 0 Å².